The Hall–Kier alpha value is -1.47. The molecule has 2 aliphatic rings. The number of aromatic nitrogens is 1. The van der Waals surface area contributed by atoms with E-state index in [1.165, 1.54) is 28.7 Å². The number of thiazole rings is 1. The van der Waals surface area contributed by atoms with Gasteiger partial charge in [0, 0.05) is 11.8 Å². The molecule has 104 valence electrons. The SMILES string of the molecule is CC1(C)CCC2=CCC(C#Cc3nc(F)cs3)=NC2C1. The first-order valence-corrected chi connectivity index (χ1v) is 7.78. The van der Waals surface area contributed by atoms with Gasteiger partial charge in [0.2, 0.25) is 5.95 Å². The van der Waals surface area contributed by atoms with Crippen LogP contribution in [-0.4, -0.2) is 16.7 Å². The highest BCUT2D eigenvalue weighted by Gasteiger charge is 2.32. The summed E-state index contributed by atoms with van der Waals surface area (Å²) < 4.78 is 12.8. The molecule has 0 saturated heterocycles. The van der Waals surface area contributed by atoms with Crippen molar-refractivity contribution in [3.63, 3.8) is 0 Å². The lowest BCUT2D eigenvalue weighted by Crippen LogP contribution is -2.29. The average Bonchev–Trinajstić information content (AvgIpc) is 2.80. The Morgan fingerprint density at radius 1 is 1.40 bits per heavy atom. The van der Waals surface area contributed by atoms with Gasteiger partial charge in [-0.15, -0.1) is 11.3 Å². The van der Waals surface area contributed by atoms with Gasteiger partial charge in [0.05, 0.1) is 11.8 Å². The number of halogens is 1. The Kier molecular flexibility index (Phi) is 3.47. The van der Waals surface area contributed by atoms with Gasteiger partial charge in [0.1, 0.15) is 0 Å². The van der Waals surface area contributed by atoms with Gasteiger partial charge in [0.25, 0.3) is 0 Å². The van der Waals surface area contributed by atoms with Crippen LogP contribution in [0.3, 0.4) is 0 Å². The van der Waals surface area contributed by atoms with Crippen LogP contribution >= 0.6 is 11.3 Å². The van der Waals surface area contributed by atoms with E-state index in [0.717, 1.165) is 25.0 Å². The maximum absolute atomic E-state index is 12.8. The van der Waals surface area contributed by atoms with Gasteiger partial charge >= 0.3 is 0 Å². The van der Waals surface area contributed by atoms with Crippen LogP contribution in [0.15, 0.2) is 22.0 Å². The second-order valence-corrected chi connectivity index (χ2v) is 7.03. The lowest BCUT2D eigenvalue weighted by Gasteiger charge is -2.36. The lowest BCUT2D eigenvalue weighted by molar-refractivity contribution is 0.258. The molecule has 20 heavy (non-hydrogen) atoms. The molecule has 1 aromatic rings. The summed E-state index contributed by atoms with van der Waals surface area (Å²) >= 11 is 1.23. The third-order valence-electron chi connectivity index (χ3n) is 3.92. The molecule has 1 aromatic heterocycles. The number of aliphatic imine (C=N–C) groups is 1. The quantitative estimate of drug-likeness (QED) is 0.523. The number of dihydropyridines is 1. The van der Waals surface area contributed by atoms with Crippen molar-refractivity contribution in [2.24, 2.45) is 10.4 Å². The van der Waals surface area contributed by atoms with E-state index in [1.54, 1.807) is 0 Å². The van der Waals surface area contributed by atoms with E-state index in [0.29, 0.717) is 16.5 Å². The highest BCUT2D eigenvalue weighted by atomic mass is 32.1. The largest absolute Gasteiger partial charge is 0.273 e. The molecule has 2 heterocycles. The van der Waals surface area contributed by atoms with E-state index < -0.39 is 5.95 Å². The highest BCUT2D eigenvalue weighted by molar-refractivity contribution is 7.10. The normalized spacial score (nSPS) is 24.1. The molecule has 0 radical (unpaired) electrons. The molecule has 0 aromatic carbocycles. The summed E-state index contributed by atoms with van der Waals surface area (Å²) in [4.78, 5) is 8.49. The minimum absolute atomic E-state index is 0.296. The number of fused-ring (bicyclic) bond motifs is 1. The molecule has 1 fully saturated rings. The van der Waals surface area contributed by atoms with Crippen molar-refractivity contribution in [3.8, 4) is 11.8 Å². The Labute approximate surface area is 122 Å². The fourth-order valence-corrected chi connectivity index (χ4v) is 3.27. The second kappa shape index (κ2) is 5.14. The fourth-order valence-electron chi connectivity index (χ4n) is 2.76. The summed E-state index contributed by atoms with van der Waals surface area (Å²) in [5.41, 5.74) is 2.72. The molecule has 0 amide bonds. The molecule has 4 heteroatoms. The van der Waals surface area contributed by atoms with Crippen LogP contribution < -0.4 is 0 Å². The zero-order valence-corrected chi connectivity index (χ0v) is 12.6. The smallest absolute Gasteiger partial charge is 0.224 e. The van der Waals surface area contributed by atoms with Crippen LogP contribution in [0.1, 0.15) is 44.5 Å². The van der Waals surface area contributed by atoms with Gasteiger partial charge < -0.3 is 0 Å². The van der Waals surface area contributed by atoms with Gasteiger partial charge in [0.15, 0.2) is 5.01 Å². The average molecular weight is 288 g/mol. The number of allylic oxidation sites excluding steroid dienone is 1. The Morgan fingerprint density at radius 3 is 3.00 bits per heavy atom. The first-order chi connectivity index (χ1) is 9.52. The molecule has 0 N–H and O–H groups in total. The number of nitrogens with zero attached hydrogens (tertiary/aromatic N) is 2. The van der Waals surface area contributed by atoms with Crippen molar-refractivity contribution in [2.75, 3.05) is 0 Å². The zero-order chi connectivity index (χ0) is 14.2. The molecule has 0 spiro atoms. The van der Waals surface area contributed by atoms with Gasteiger partial charge in [-0.25, -0.2) is 0 Å². The summed E-state index contributed by atoms with van der Waals surface area (Å²) in [5.74, 6) is 5.50. The summed E-state index contributed by atoms with van der Waals surface area (Å²) in [6.07, 6.45) is 6.56. The molecular weight excluding hydrogens is 271 g/mol. The van der Waals surface area contributed by atoms with E-state index in [1.807, 2.05) is 0 Å². The second-order valence-electron chi connectivity index (χ2n) is 6.17. The van der Waals surface area contributed by atoms with Gasteiger partial charge in [-0.05, 0) is 42.1 Å². The van der Waals surface area contributed by atoms with Crippen LogP contribution in [0.5, 0.6) is 0 Å². The van der Waals surface area contributed by atoms with E-state index >= 15 is 0 Å². The van der Waals surface area contributed by atoms with Crippen LogP contribution in [0.4, 0.5) is 4.39 Å². The van der Waals surface area contributed by atoms with Crippen molar-refractivity contribution in [1.82, 2.24) is 4.98 Å². The van der Waals surface area contributed by atoms with E-state index in [9.17, 15) is 4.39 Å². The minimum atomic E-state index is -0.457. The van der Waals surface area contributed by atoms with Gasteiger partial charge in [-0.1, -0.05) is 19.9 Å². The van der Waals surface area contributed by atoms with Crippen LogP contribution in [0.25, 0.3) is 0 Å². The molecule has 2 nitrogen and oxygen atoms in total. The van der Waals surface area contributed by atoms with Crippen molar-refractivity contribution in [1.29, 1.82) is 0 Å². The molecule has 1 unspecified atom stereocenters. The van der Waals surface area contributed by atoms with Crippen molar-refractivity contribution < 1.29 is 4.39 Å². The maximum Gasteiger partial charge on any atom is 0.224 e. The van der Waals surface area contributed by atoms with Crippen molar-refractivity contribution in [2.45, 2.75) is 45.6 Å². The van der Waals surface area contributed by atoms with Crippen LogP contribution in [-0.2, 0) is 0 Å². The summed E-state index contributed by atoms with van der Waals surface area (Å²) in [7, 11) is 0. The topological polar surface area (TPSA) is 25.2 Å². The Bertz CT molecular complexity index is 643. The molecule has 0 bridgehead atoms. The number of hydrogen-bond acceptors (Lipinski definition) is 3. The lowest BCUT2D eigenvalue weighted by atomic mass is 9.72. The molecule has 1 saturated carbocycles. The summed E-state index contributed by atoms with van der Waals surface area (Å²) in [5, 5.41) is 1.89. The van der Waals surface area contributed by atoms with Gasteiger partial charge in [-0.3, -0.25) is 4.99 Å². The maximum atomic E-state index is 12.8. The highest BCUT2D eigenvalue weighted by Crippen LogP contribution is 2.40. The standard InChI is InChI=1S/C16H17FN2S/c1-16(2)8-7-11-3-4-12(18-13(11)9-16)5-6-15-19-14(17)10-20-15/h3,10,13H,4,7-9H2,1-2H3. The fraction of sp³-hybridized carbons (Fsp3) is 0.500. The molecule has 3 rings (SSSR count). The molecule has 1 aliphatic carbocycles. The molecule has 1 atom stereocenters. The molecular formula is C16H17FN2S. The third-order valence-corrected chi connectivity index (χ3v) is 4.65. The Balaban J connectivity index is 1.76. The number of hydrogen-bond donors (Lipinski definition) is 0. The predicted molar refractivity (Wildman–Crippen MR) is 80.5 cm³/mol. The summed E-state index contributed by atoms with van der Waals surface area (Å²) in [6, 6.07) is 0.296. The first-order valence-electron chi connectivity index (χ1n) is 6.90. The van der Waals surface area contributed by atoms with Crippen molar-refractivity contribution >= 4 is 17.0 Å². The van der Waals surface area contributed by atoms with Crippen molar-refractivity contribution in [3.05, 3.63) is 28.0 Å². The predicted octanol–water partition coefficient (Wildman–Crippen LogP) is 3.98. The van der Waals surface area contributed by atoms with Gasteiger partial charge in [-0.2, -0.15) is 9.37 Å². The molecule has 1 aliphatic heterocycles. The van der Waals surface area contributed by atoms with E-state index in [2.05, 4.69) is 36.7 Å². The monoisotopic (exact) mass is 288 g/mol. The summed E-state index contributed by atoms with van der Waals surface area (Å²) in [6.45, 7) is 4.61. The van der Waals surface area contributed by atoms with E-state index in [4.69, 9.17) is 4.99 Å². The van der Waals surface area contributed by atoms with Crippen LogP contribution in [0, 0.1) is 23.2 Å². The number of rotatable bonds is 0. The van der Waals surface area contributed by atoms with Crippen LogP contribution in [0.2, 0.25) is 0 Å². The first kappa shape index (κ1) is 13.5. The third kappa shape index (κ3) is 2.99. The van der Waals surface area contributed by atoms with E-state index in [-0.39, 0.29) is 0 Å². The Morgan fingerprint density at radius 2 is 2.25 bits per heavy atom. The minimum Gasteiger partial charge on any atom is -0.273 e. The zero-order valence-electron chi connectivity index (χ0n) is 11.7.